The van der Waals surface area contributed by atoms with Crippen molar-refractivity contribution < 1.29 is 18.4 Å². The summed E-state index contributed by atoms with van der Waals surface area (Å²) in [6, 6.07) is 0.230. The fourth-order valence-electron chi connectivity index (χ4n) is 0.815. The summed E-state index contributed by atoms with van der Waals surface area (Å²) in [5.41, 5.74) is 0. The van der Waals surface area contributed by atoms with Crippen LogP contribution in [-0.2, 0) is 4.43 Å². The van der Waals surface area contributed by atoms with Crippen molar-refractivity contribution in [2.24, 2.45) is 0 Å². The summed E-state index contributed by atoms with van der Waals surface area (Å²) >= 11 is 0. The lowest BCUT2D eigenvalue weighted by Gasteiger charge is -2.24. The molecule has 0 radical (unpaired) electrons. The van der Waals surface area contributed by atoms with Gasteiger partial charge in [-0.05, 0) is 6.42 Å². The lowest BCUT2D eigenvalue weighted by Crippen LogP contribution is -2.44. The van der Waals surface area contributed by atoms with Crippen LogP contribution in [0.5, 0.6) is 0 Å². The molecule has 0 aromatic rings. The third kappa shape index (κ3) is 2.02. The summed E-state index contributed by atoms with van der Waals surface area (Å²) in [4.78, 5) is 17.6. The van der Waals surface area contributed by atoms with Crippen molar-refractivity contribution in [1.82, 2.24) is 0 Å². The summed E-state index contributed by atoms with van der Waals surface area (Å²) in [7, 11) is -3.53. The van der Waals surface area contributed by atoms with Crippen molar-refractivity contribution in [3.8, 4) is 0 Å². The number of alkyl halides is 1. The first-order chi connectivity index (χ1) is 4.10. The monoisotopic (exact) mass is 152 g/mol. The average Bonchev–Trinajstić information content (AvgIpc) is 1.60. The smallest absolute Gasteiger partial charge is 0.390 e. The zero-order chi connectivity index (χ0) is 6.91. The van der Waals surface area contributed by atoms with E-state index in [2.05, 4.69) is 4.43 Å². The average molecular weight is 152 g/mol. The van der Waals surface area contributed by atoms with Crippen LogP contribution in [0, 0.1) is 0 Å². The molecule has 1 fully saturated rings. The summed E-state index contributed by atoms with van der Waals surface area (Å²) < 4.78 is 16.4. The topological polar surface area (TPSA) is 49.7 Å². The van der Waals surface area contributed by atoms with E-state index in [-0.39, 0.29) is 12.5 Å². The van der Waals surface area contributed by atoms with Gasteiger partial charge in [0.25, 0.3) is 0 Å². The van der Waals surface area contributed by atoms with Gasteiger partial charge in [-0.1, -0.05) is 0 Å². The van der Waals surface area contributed by atoms with E-state index in [1.54, 1.807) is 0 Å². The van der Waals surface area contributed by atoms with Crippen LogP contribution in [0.1, 0.15) is 12.8 Å². The Hall–Kier alpha value is 0.0269. The second-order valence-corrected chi connectivity index (χ2v) is 4.39. The van der Waals surface area contributed by atoms with Crippen molar-refractivity contribution in [1.29, 1.82) is 0 Å². The molecule has 1 aliphatic heterocycles. The van der Waals surface area contributed by atoms with Crippen LogP contribution in [0.2, 0.25) is 6.04 Å². The van der Waals surface area contributed by atoms with E-state index in [4.69, 9.17) is 9.59 Å². The zero-order valence-corrected chi connectivity index (χ0v) is 5.88. The predicted octanol–water partition coefficient (Wildman–Crippen LogP) is 0.0159. The maximum atomic E-state index is 12.2. The highest BCUT2D eigenvalue weighted by atomic mass is 28.4. The van der Waals surface area contributed by atoms with Gasteiger partial charge in [0.05, 0.1) is 0 Å². The summed E-state index contributed by atoms with van der Waals surface area (Å²) in [6.45, 7) is 0. The molecule has 0 aliphatic carbocycles. The van der Waals surface area contributed by atoms with Gasteiger partial charge in [0.1, 0.15) is 0 Å². The first kappa shape index (κ1) is 7.14. The second kappa shape index (κ2) is 2.34. The lowest BCUT2D eigenvalue weighted by molar-refractivity contribution is -0.0184. The first-order valence-corrected chi connectivity index (χ1v) is 4.88. The van der Waals surface area contributed by atoms with Crippen molar-refractivity contribution in [3.05, 3.63) is 0 Å². The molecule has 0 saturated carbocycles. The van der Waals surface area contributed by atoms with Crippen LogP contribution in [-0.4, -0.2) is 24.8 Å². The Bertz CT molecular complexity index is 108. The van der Waals surface area contributed by atoms with E-state index in [0.717, 1.165) is 0 Å². The normalized spacial score (nSPS) is 34.3. The predicted molar refractivity (Wildman–Crippen MR) is 30.2 cm³/mol. The molecule has 3 nitrogen and oxygen atoms in total. The van der Waals surface area contributed by atoms with Gasteiger partial charge in [0.2, 0.25) is 0 Å². The van der Waals surface area contributed by atoms with Gasteiger partial charge in [0, 0.05) is 12.5 Å². The number of hydrogen-bond acceptors (Lipinski definition) is 3. The summed E-state index contributed by atoms with van der Waals surface area (Å²) in [6.07, 6.45) is -0.656. The van der Waals surface area contributed by atoms with Gasteiger partial charge in [-0.25, -0.2) is 4.39 Å². The minimum Gasteiger partial charge on any atom is -0.390 e. The third-order valence-corrected chi connectivity index (χ3v) is 2.89. The van der Waals surface area contributed by atoms with Crippen molar-refractivity contribution >= 4 is 8.80 Å². The lowest BCUT2D eigenvalue weighted by atomic mass is 10.3. The molecule has 5 heteroatoms. The van der Waals surface area contributed by atoms with Gasteiger partial charge >= 0.3 is 8.80 Å². The van der Waals surface area contributed by atoms with Crippen LogP contribution in [0.25, 0.3) is 0 Å². The standard InChI is InChI=1S/C4H9FO3Si/c5-4-2-1-3-9(6,7)8-4/h4,6-7H,1-3H2. The fourth-order valence-corrected chi connectivity index (χ4v) is 2.13. The number of hydrogen-bond donors (Lipinski definition) is 2. The molecule has 1 atom stereocenters. The van der Waals surface area contributed by atoms with E-state index < -0.39 is 15.2 Å². The molecule has 2 N–H and O–H groups in total. The van der Waals surface area contributed by atoms with E-state index in [1.165, 1.54) is 0 Å². The number of rotatable bonds is 0. The van der Waals surface area contributed by atoms with Crippen LogP contribution in [0.4, 0.5) is 4.39 Å². The zero-order valence-electron chi connectivity index (χ0n) is 4.88. The summed E-state index contributed by atoms with van der Waals surface area (Å²) in [5, 5.41) is 0. The van der Waals surface area contributed by atoms with E-state index >= 15 is 0 Å². The minimum atomic E-state index is -3.53. The molecule has 1 unspecified atom stereocenters. The molecule has 54 valence electrons. The Morgan fingerprint density at radius 1 is 1.56 bits per heavy atom. The van der Waals surface area contributed by atoms with Crippen LogP contribution < -0.4 is 0 Å². The maximum Gasteiger partial charge on any atom is 0.497 e. The van der Waals surface area contributed by atoms with Crippen LogP contribution in [0.15, 0.2) is 0 Å². The molecule has 1 aliphatic rings. The highest BCUT2D eigenvalue weighted by molar-refractivity contribution is 6.57. The highest BCUT2D eigenvalue weighted by Crippen LogP contribution is 2.21. The van der Waals surface area contributed by atoms with Crippen LogP contribution in [0.3, 0.4) is 0 Å². The molecule has 0 aromatic heterocycles. The van der Waals surface area contributed by atoms with Gasteiger partial charge in [-0.3, -0.25) is 0 Å². The molecule has 9 heavy (non-hydrogen) atoms. The fraction of sp³-hybridized carbons (Fsp3) is 1.00. The van der Waals surface area contributed by atoms with Crippen molar-refractivity contribution in [3.63, 3.8) is 0 Å². The Morgan fingerprint density at radius 2 is 2.22 bits per heavy atom. The van der Waals surface area contributed by atoms with E-state index in [9.17, 15) is 4.39 Å². The number of halogens is 1. The molecule has 0 amide bonds. The molecule has 1 heterocycles. The van der Waals surface area contributed by atoms with E-state index in [1.807, 2.05) is 0 Å². The van der Waals surface area contributed by atoms with Crippen molar-refractivity contribution in [2.45, 2.75) is 25.2 Å². The molecule has 0 bridgehead atoms. The molecule has 0 spiro atoms. The Kier molecular flexibility index (Phi) is 1.85. The Labute approximate surface area is 53.4 Å². The maximum absolute atomic E-state index is 12.2. The van der Waals surface area contributed by atoms with Gasteiger partial charge in [-0.2, -0.15) is 0 Å². The Balaban J connectivity index is 2.41. The Morgan fingerprint density at radius 3 is 2.56 bits per heavy atom. The van der Waals surface area contributed by atoms with Gasteiger partial charge in [0.15, 0.2) is 6.36 Å². The van der Waals surface area contributed by atoms with Gasteiger partial charge < -0.3 is 14.0 Å². The SMILES string of the molecule is O[Si]1(O)CCCC(F)O1. The molecule has 1 saturated heterocycles. The third-order valence-electron chi connectivity index (χ3n) is 1.25. The van der Waals surface area contributed by atoms with Gasteiger partial charge in [-0.15, -0.1) is 0 Å². The van der Waals surface area contributed by atoms with Crippen molar-refractivity contribution in [2.75, 3.05) is 0 Å². The highest BCUT2D eigenvalue weighted by Gasteiger charge is 2.38. The minimum absolute atomic E-state index is 0.230. The second-order valence-electron chi connectivity index (χ2n) is 2.16. The first-order valence-electron chi connectivity index (χ1n) is 2.87. The molecule has 1 rings (SSSR count). The largest absolute Gasteiger partial charge is 0.497 e. The molecular formula is C4H9FO3Si. The molecule has 0 aromatic carbocycles. The van der Waals surface area contributed by atoms with E-state index in [0.29, 0.717) is 6.42 Å². The summed E-state index contributed by atoms with van der Waals surface area (Å²) in [5.74, 6) is 0. The van der Waals surface area contributed by atoms with Crippen LogP contribution >= 0.6 is 0 Å². The quantitative estimate of drug-likeness (QED) is 0.481. The molecular weight excluding hydrogens is 143 g/mol.